The second-order valence-electron chi connectivity index (χ2n) is 5.85. The van der Waals surface area contributed by atoms with Crippen LogP contribution in [0.2, 0.25) is 5.02 Å². The first kappa shape index (κ1) is 17.8. The Bertz CT molecular complexity index is 658. The molecule has 3 nitrogen and oxygen atoms in total. The highest BCUT2D eigenvalue weighted by atomic mass is 35.5. The molecule has 4 heteroatoms. The minimum atomic E-state index is 0.104. The number of nitrogens with zero attached hydrogens (tertiary/aromatic N) is 1. The number of aryl methyl sites for hydroxylation is 2. The smallest absolute Gasteiger partial charge is 0.0839 e. The summed E-state index contributed by atoms with van der Waals surface area (Å²) in [5, 5.41) is 4.24. The van der Waals surface area contributed by atoms with Gasteiger partial charge in [0.2, 0.25) is 0 Å². The molecule has 1 atom stereocenters. The van der Waals surface area contributed by atoms with Gasteiger partial charge in [-0.2, -0.15) is 0 Å². The number of ether oxygens (including phenoxy) is 1. The lowest BCUT2D eigenvalue weighted by atomic mass is 10.0. The second-order valence-corrected chi connectivity index (χ2v) is 6.26. The summed E-state index contributed by atoms with van der Waals surface area (Å²) >= 11 is 6.07. The van der Waals surface area contributed by atoms with Crippen LogP contribution < -0.4 is 5.32 Å². The third-order valence-corrected chi connectivity index (χ3v) is 4.45. The number of hydrogen-bond donors (Lipinski definition) is 1. The lowest BCUT2D eigenvalue weighted by Crippen LogP contribution is -2.07. The predicted octanol–water partition coefficient (Wildman–Crippen LogP) is 5.45. The molecule has 0 saturated carbocycles. The highest BCUT2D eigenvalue weighted by Crippen LogP contribution is 2.26. The molecule has 0 amide bonds. The molecule has 0 aliphatic heterocycles. The zero-order valence-electron chi connectivity index (χ0n) is 14.3. The topological polar surface area (TPSA) is 34.1 Å². The van der Waals surface area contributed by atoms with Gasteiger partial charge in [-0.15, -0.1) is 0 Å². The number of hydrogen-bond acceptors (Lipinski definition) is 3. The van der Waals surface area contributed by atoms with Crippen molar-refractivity contribution in [3.05, 3.63) is 57.9 Å². The van der Waals surface area contributed by atoms with Crippen molar-refractivity contribution in [3.8, 4) is 0 Å². The number of nitrogens with one attached hydrogen (secondary N) is 1. The molecular weight excluding hydrogens is 308 g/mol. The molecule has 1 aromatic heterocycles. The normalized spacial score (nSPS) is 12.2. The van der Waals surface area contributed by atoms with Gasteiger partial charge in [-0.25, -0.2) is 0 Å². The van der Waals surface area contributed by atoms with E-state index in [9.17, 15) is 0 Å². The molecular formula is C19H25ClN2O. The van der Waals surface area contributed by atoms with Gasteiger partial charge >= 0.3 is 0 Å². The molecule has 0 aliphatic carbocycles. The maximum absolute atomic E-state index is 6.07. The number of rotatable bonds is 7. The molecule has 1 N–H and O–H groups in total. The first-order chi connectivity index (χ1) is 11.0. The standard InChI is InChI=1S/C19H25ClN2O/c1-5-6-19(23-4)17-10-16(12-21-14(17)3)22-11-15-7-8-18(20)13(2)9-15/h7-10,12,19,22H,5-6,11H2,1-4H3. The first-order valence-corrected chi connectivity index (χ1v) is 8.41. The summed E-state index contributed by atoms with van der Waals surface area (Å²) in [5.41, 5.74) is 5.49. The minimum absolute atomic E-state index is 0.104. The van der Waals surface area contributed by atoms with Crippen LogP contribution in [0.15, 0.2) is 30.5 Å². The maximum atomic E-state index is 6.07. The molecule has 0 radical (unpaired) electrons. The Morgan fingerprint density at radius 1 is 1.26 bits per heavy atom. The lowest BCUT2D eigenvalue weighted by molar-refractivity contribution is 0.0942. The van der Waals surface area contributed by atoms with E-state index < -0.39 is 0 Å². The van der Waals surface area contributed by atoms with Gasteiger partial charge in [0.05, 0.1) is 18.0 Å². The van der Waals surface area contributed by atoms with Crippen LogP contribution in [0.3, 0.4) is 0 Å². The summed E-state index contributed by atoms with van der Waals surface area (Å²) in [7, 11) is 1.76. The lowest BCUT2D eigenvalue weighted by Gasteiger charge is -2.18. The molecule has 2 aromatic rings. The third kappa shape index (κ3) is 4.69. The molecule has 0 spiro atoms. The monoisotopic (exact) mass is 332 g/mol. The van der Waals surface area contributed by atoms with E-state index in [0.29, 0.717) is 0 Å². The minimum Gasteiger partial charge on any atom is -0.380 e. The van der Waals surface area contributed by atoms with Crippen molar-refractivity contribution in [1.82, 2.24) is 4.98 Å². The van der Waals surface area contributed by atoms with Gasteiger partial charge in [0.1, 0.15) is 0 Å². The van der Waals surface area contributed by atoms with E-state index in [1.54, 1.807) is 7.11 Å². The Morgan fingerprint density at radius 3 is 2.70 bits per heavy atom. The average Bonchev–Trinajstić information content (AvgIpc) is 2.55. The van der Waals surface area contributed by atoms with Crippen LogP contribution in [0.5, 0.6) is 0 Å². The average molecular weight is 333 g/mol. The Balaban J connectivity index is 2.12. The molecule has 2 rings (SSSR count). The molecule has 0 bridgehead atoms. The first-order valence-electron chi connectivity index (χ1n) is 8.03. The van der Waals surface area contributed by atoms with E-state index >= 15 is 0 Å². The van der Waals surface area contributed by atoms with Crippen molar-refractivity contribution in [3.63, 3.8) is 0 Å². The second kappa shape index (κ2) is 8.32. The highest BCUT2D eigenvalue weighted by Gasteiger charge is 2.13. The molecule has 0 fully saturated rings. The number of pyridine rings is 1. The van der Waals surface area contributed by atoms with Gasteiger partial charge in [0.25, 0.3) is 0 Å². The molecule has 1 heterocycles. The van der Waals surface area contributed by atoms with Crippen molar-refractivity contribution in [1.29, 1.82) is 0 Å². The van der Waals surface area contributed by atoms with E-state index in [1.807, 2.05) is 32.2 Å². The van der Waals surface area contributed by atoms with Crippen LogP contribution in [-0.4, -0.2) is 12.1 Å². The van der Waals surface area contributed by atoms with Crippen LogP contribution in [0.4, 0.5) is 5.69 Å². The maximum Gasteiger partial charge on any atom is 0.0839 e. The Labute approximate surface area is 144 Å². The van der Waals surface area contributed by atoms with Crippen LogP contribution in [0.1, 0.15) is 48.3 Å². The van der Waals surface area contributed by atoms with Gasteiger partial charge in [0.15, 0.2) is 0 Å². The fourth-order valence-electron chi connectivity index (χ4n) is 2.66. The molecule has 0 aliphatic rings. The number of anilines is 1. The van der Waals surface area contributed by atoms with E-state index in [4.69, 9.17) is 16.3 Å². The summed E-state index contributed by atoms with van der Waals surface area (Å²) in [6, 6.07) is 8.23. The van der Waals surface area contributed by atoms with Gasteiger partial charge < -0.3 is 10.1 Å². The van der Waals surface area contributed by atoms with Crippen molar-refractivity contribution in [2.75, 3.05) is 12.4 Å². The number of methoxy groups -OCH3 is 1. The van der Waals surface area contributed by atoms with Crippen LogP contribution in [0, 0.1) is 13.8 Å². The van der Waals surface area contributed by atoms with E-state index in [-0.39, 0.29) is 6.10 Å². The van der Waals surface area contributed by atoms with Crippen molar-refractivity contribution in [2.45, 2.75) is 46.3 Å². The summed E-state index contributed by atoms with van der Waals surface area (Å²) in [4.78, 5) is 4.51. The number of benzene rings is 1. The van der Waals surface area contributed by atoms with Crippen molar-refractivity contribution < 1.29 is 4.74 Å². The fourth-order valence-corrected chi connectivity index (χ4v) is 2.77. The van der Waals surface area contributed by atoms with Crippen molar-refractivity contribution in [2.24, 2.45) is 0 Å². The van der Waals surface area contributed by atoms with E-state index in [2.05, 4.69) is 29.4 Å². The summed E-state index contributed by atoms with van der Waals surface area (Å²) in [6.07, 6.45) is 4.06. The van der Waals surface area contributed by atoms with Gasteiger partial charge in [-0.1, -0.05) is 37.1 Å². The summed E-state index contributed by atoms with van der Waals surface area (Å²) in [5.74, 6) is 0. The Morgan fingerprint density at radius 2 is 2.04 bits per heavy atom. The van der Waals surface area contributed by atoms with Gasteiger partial charge in [0, 0.05) is 29.9 Å². The zero-order chi connectivity index (χ0) is 16.8. The molecule has 0 saturated heterocycles. The molecule has 23 heavy (non-hydrogen) atoms. The Hall–Kier alpha value is -1.58. The van der Waals surface area contributed by atoms with E-state index in [0.717, 1.165) is 46.9 Å². The summed E-state index contributed by atoms with van der Waals surface area (Å²) in [6.45, 7) is 6.96. The molecule has 1 unspecified atom stereocenters. The van der Waals surface area contributed by atoms with Gasteiger partial charge in [-0.05, 0) is 43.5 Å². The summed E-state index contributed by atoms with van der Waals surface area (Å²) < 4.78 is 5.62. The van der Waals surface area contributed by atoms with Gasteiger partial charge in [-0.3, -0.25) is 4.98 Å². The van der Waals surface area contributed by atoms with Crippen molar-refractivity contribution >= 4 is 17.3 Å². The fraction of sp³-hybridized carbons (Fsp3) is 0.421. The van der Waals surface area contributed by atoms with E-state index in [1.165, 1.54) is 5.56 Å². The largest absolute Gasteiger partial charge is 0.380 e. The SMILES string of the molecule is CCCC(OC)c1cc(NCc2ccc(Cl)c(C)c2)cnc1C. The molecule has 1 aromatic carbocycles. The predicted molar refractivity (Wildman–Crippen MR) is 97.1 cm³/mol. The number of aromatic nitrogens is 1. The zero-order valence-corrected chi connectivity index (χ0v) is 15.1. The van der Waals surface area contributed by atoms with Crippen LogP contribution in [0.25, 0.3) is 0 Å². The molecule has 124 valence electrons. The third-order valence-electron chi connectivity index (χ3n) is 4.03. The quantitative estimate of drug-likeness (QED) is 0.731. The Kier molecular flexibility index (Phi) is 6.43. The number of halogens is 1. The van der Waals surface area contributed by atoms with Crippen LogP contribution >= 0.6 is 11.6 Å². The van der Waals surface area contributed by atoms with Crippen LogP contribution in [-0.2, 0) is 11.3 Å². The highest BCUT2D eigenvalue weighted by molar-refractivity contribution is 6.31.